The third kappa shape index (κ3) is 2.59. The van der Waals surface area contributed by atoms with E-state index >= 15 is 0 Å². The number of nitrogens with zero attached hydrogens (tertiary/aromatic N) is 1. The molecular weight excluding hydrogens is 284 g/mol. The van der Waals surface area contributed by atoms with E-state index in [1.165, 1.54) is 6.26 Å². The smallest absolute Gasteiger partial charge is 0.329 e. The standard InChI is InChI=1S/C16H16N2O4/c19-13(18-16(15(20)21)8-4-5-9-16)12-10-22-14(17-12)11-6-2-1-3-7-11/h1-3,6-7,10H,4-5,8-9H2,(H,18,19)(H,20,21). The normalized spacial score (nSPS) is 16.4. The maximum absolute atomic E-state index is 12.3. The first-order chi connectivity index (χ1) is 10.6. The average Bonchev–Trinajstić information content (AvgIpc) is 3.18. The van der Waals surface area contributed by atoms with Gasteiger partial charge in [-0.25, -0.2) is 9.78 Å². The van der Waals surface area contributed by atoms with Crippen molar-refractivity contribution in [2.45, 2.75) is 31.2 Å². The molecule has 6 nitrogen and oxygen atoms in total. The Morgan fingerprint density at radius 2 is 1.86 bits per heavy atom. The highest BCUT2D eigenvalue weighted by Crippen LogP contribution is 2.30. The van der Waals surface area contributed by atoms with Gasteiger partial charge in [0.25, 0.3) is 5.91 Å². The second-order valence-electron chi connectivity index (χ2n) is 5.45. The van der Waals surface area contributed by atoms with Gasteiger partial charge in [-0.05, 0) is 25.0 Å². The van der Waals surface area contributed by atoms with Crippen LogP contribution in [0.15, 0.2) is 41.0 Å². The van der Waals surface area contributed by atoms with Crippen molar-refractivity contribution in [1.82, 2.24) is 10.3 Å². The number of carboxylic acid groups (broad SMARTS) is 1. The van der Waals surface area contributed by atoms with E-state index < -0.39 is 17.4 Å². The van der Waals surface area contributed by atoms with Crippen LogP contribution in [0.2, 0.25) is 0 Å². The molecule has 1 aromatic heterocycles. The minimum Gasteiger partial charge on any atom is -0.480 e. The quantitative estimate of drug-likeness (QED) is 0.905. The Morgan fingerprint density at radius 1 is 1.18 bits per heavy atom. The number of benzene rings is 1. The minimum atomic E-state index is -1.18. The van der Waals surface area contributed by atoms with Crippen molar-refractivity contribution in [3.63, 3.8) is 0 Å². The zero-order valence-electron chi connectivity index (χ0n) is 11.9. The molecule has 6 heteroatoms. The zero-order valence-corrected chi connectivity index (χ0v) is 11.9. The van der Waals surface area contributed by atoms with Gasteiger partial charge in [-0.2, -0.15) is 0 Å². The van der Waals surface area contributed by atoms with Crippen LogP contribution in [-0.4, -0.2) is 27.5 Å². The summed E-state index contributed by atoms with van der Waals surface area (Å²) < 4.78 is 5.31. The number of hydrogen-bond acceptors (Lipinski definition) is 4. The van der Waals surface area contributed by atoms with Gasteiger partial charge in [0.1, 0.15) is 11.8 Å². The zero-order chi connectivity index (χ0) is 15.6. The van der Waals surface area contributed by atoms with Crippen molar-refractivity contribution in [2.75, 3.05) is 0 Å². The number of carbonyl (C=O) groups is 2. The fraction of sp³-hybridized carbons (Fsp3) is 0.312. The maximum atomic E-state index is 12.3. The van der Waals surface area contributed by atoms with E-state index in [1.54, 1.807) is 0 Å². The molecule has 1 aromatic carbocycles. The highest BCUT2D eigenvalue weighted by molar-refractivity contribution is 5.96. The number of amides is 1. The molecule has 1 aliphatic rings. The summed E-state index contributed by atoms with van der Waals surface area (Å²) in [5.41, 5.74) is -0.329. The lowest BCUT2D eigenvalue weighted by Crippen LogP contribution is -2.52. The van der Waals surface area contributed by atoms with Gasteiger partial charge < -0.3 is 14.8 Å². The van der Waals surface area contributed by atoms with Crippen LogP contribution in [0.4, 0.5) is 0 Å². The van der Waals surface area contributed by atoms with Crippen LogP contribution in [0.5, 0.6) is 0 Å². The van der Waals surface area contributed by atoms with E-state index in [9.17, 15) is 14.7 Å². The minimum absolute atomic E-state index is 0.0892. The van der Waals surface area contributed by atoms with Gasteiger partial charge in [0, 0.05) is 5.56 Å². The van der Waals surface area contributed by atoms with E-state index in [0.717, 1.165) is 18.4 Å². The van der Waals surface area contributed by atoms with Crippen LogP contribution >= 0.6 is 0 Å². The Kier molecular flexibility index (Phi) is 3.66. The van der Waals surface area contributed by atoms with Crippen molar-refractivity contribution in [3.05, 3.63) is 42.3 Å². The van der Waals surface area contributed by atoms with Gasteiger partial charge in [-0.3, -0.25) is 4.79 Å². The summed E-state index contributed by atoms with van der Waals surface area (Å²) >= 11 is 0. The van der Waals surface area contributed by atoms with Crippen molar-refractivity contribution < 1.29 is 19.1 Å². The molecule has 2 aromatic rings. The van der Waals surface area contributed by atoms with Crippen molar-refractivity contribution in [2.24, 2.45) is 0 Å². The number of oxazole rings is 1. The van der Waals surface area contributed by atoms with Crippen LogP contribution in [0.25, 0.3) is 11.5 Å². The summed E-state index contributed by atoms with van der Waals surface area (Å²) in [5.74, 6) is -1.18. The van der Waals surface area contributed by atoms with Crippen molar-refractivity contribution in [1.29, 1.82) is 0 Å². The Labute approximate surface area is 127 Å². The van der Waals surface area contributed by atoms with Gasteiger partial charge in [-0.15, -0.1) is 0 Å². The summed E-state index contributed by atoms with van der Waals surface area (Å²) in [5, 5.41) is 12.0. The number of nitrogens with one attached hydrogen (secondary N) is 1. The third-order valence-electron chi connectivity index (χ3n) is 3.98. The van der Waals surface area contributed by atoms with Gasteiger partial charge in [0.05, 0.1) is 0 Å². The largest absolute Gasteiger partial charge is 0.480 e. The third-order valence-corrected chi connectivity index (χ3v) is 3.98. The summed E-state index contributed by atoms with van der Waals surface area (Å²) in [6.45, 7) is 0. The van der Waals surface area contributed by atoms with Crippen LogP contribution in [0, 0.1) is 0 Å². The molecule has 1 amide bonds. The highest BCUT2D eigenvalue weighted by Gasteiger charge is 2.43. The predicted octanol–water partition coefficient (Wildman–Crippen LogP) is 2.47. The summed E-state index contributed by atoms with van der Waals surface area (Å²) in [6, 6.07) is 9.21. The van der Waals surface area contributed by atoms with E-state index in [4.69, 9.17) is 4.42 Å². The number of aliphatic carboxylic acids is 1. The SMILES string of the molecule is O=C(NC1(C(=O)O)CCCC1)c1coc(-c2ccccc2)n1. The van der Waals surface area contributed by atoms with Crippen LogP contribution in [-0.2, 0) is 4.79 Å². The van der Waals surface area contributed by atoms with E-state index in [2.05, 4.69) is 10.3 Å². The number of carboxylic acids is 1. The maximum Gasteiger partial charge on any atom is 0.329 e. The lowest BCUT2D eigenvalue weighted by Gasteiger charge is -2.24. The van der Waals surface area contributed by atoms with Crippen LogP contribution < -0.4 is 5.32 Å². The Bertz CT molecular complexity index is 687. The van der Waals surface area contributed by atoms with E-state index in [-0.39, 0.29) is 5.69 Å². The molecule has 22 heavy (non-hydrogen) atoms. The lowest BCUT2D eigenvalue weighted by molar-refractivity contribution is -0.144. The second kappa shape index (κ2) is 5.63. The molecule has 0 bridgehead atoms. The first-order valence-corrected chi connectivity index (χ1v) is 7.18. The van der Waals surface area contributed by atoms with Gasteiger partial charge >= 0.3 is 5.97 Å². The summed E-state index contributed by atoms with van der Waals surface area (Å²) in [4.78, 5) is 27.9. The summed E-state index contributed by atoms with van der Waals surface area (Å²) in [6.07, 6.45) is 3.72. The molecule has 1 aliphatic carbocycles. The van der Waals surface area contributed by atoms with Gasteiger partial charge in [-0.1, -0.05) is 31.0 Å². The molecule has 114 valence electrons. The van der Waals surface area contributed by atoms with Crippen LogP contribution in [0.1, 0.15) is 36.2 Å². The first-order valence-electron chi connectivity index (χ1n) is 7.18. The van der Waals surface area contributed by atoms with Gasteiger partial charge in [0.15, 0.2) is 5.69 Å². The fourth-order valence-electron chi connectivity index (χ4n) is 2.74. The second-order valence-corrected chi connectivity index (χ2v) is 5.45. The average molecular weight is 300 g/mol. The number of rotatable bonds is 4. The molecule has 2 N–H and O–H groups in total. The number of carbonyl (C=O) groups excluding carboxylic acids is 1. The molecule has 0 unspecified atom stereocenters. The number of hydrogen-bond donors (Lipinski definition) is 2. The van der Waals surface area contributed by atoms with E-state index in [0.29, 0.717) is 18.7 Å². The van der Waals surface area contributed by atoms with E-state index in [1.807, 2.05) is 30.3 Å². The Hall–Kier alpha value is -2.63. The molecule has 3 rings (SSSR count). The highest BCUT2D eigenvalue weighted by atomic mass is 16.4. The van der Waals surface area contributed by atoms with Crippen molar-refractivity contribution in [3.8, 4) is 11.5 Å². The molecule has 0 atom stereocenters. The molecule has 1 fully saturated rings. The molecular formula is C16H16N2O4. The number of aromatic nitrogens is 1. The predicted molar refractivity (Wildman–Crippen MR) is 78.2 cm³/mol. The Balaban J connectivity index is 1.79. The monoisotopic (exact) mass is 300 g/mol. The fourth-order valence-corrected chi connectivity index (χ4v) is 2.74. The summed E-state index contributed by atoms with van der Waals surface area (Å²) in [7, 11) is 0. The molecule has 0 saturated heterocycles. The van der Waals surface area contributed by atoms with Gasteiger partial charge in [0.2, 0.25) is 5.89 Å². The Morgan fingerprint density at radius 3 is 2.50 bits per heavy atom. The molecule has 0 radical (unpaired) electrons. The topological polar surface area (TPSA) is 92.4 Å². The first kappa shape index (κ1) is 14.3. The lowest BCUT2D eigenvalue weighted by atomic mass is 9.98. The van der Waals surface area contributed by atoms with Crippen LogP contribution in [0.3, 0.4) is 0 Å². The van der Waals surface area contributed by atoms with Crippen molar-refractivity contribution >= 4 is 11.9 Å². The molecule has 0 spiro atoms. The molecule has 0 aliphatic heterocycles. The molecule has 1 saturated carbocycles. The molecule has 1 heterocycles.